The Morgan fingerprint density at radius 1 is 1.62 bits per heavy atom. The SMILES string of the molecule is CCC(C)(Br)C(C)Br. The van der Waals surface area contributed by atoms with Crippen LogP contribution in [-0.4, -0.2) is 9.15 Å². The molecule has 0 spiro atoms. The highest BCUT2D eigenvalue weighted by Gasteiger charge is 2.22. The Morgan fingerprint density at radius 2 is 2.00 bits per heavy atom. The van der Waals surface area contributed by atoms with Crippen LogP contribution in [0.15, 0.2) is 0 Å². The number of rotatable bonds is 2. The minimum atomic E-state index is 0.271. The lowest BCUT2D eigenvalue weighted by Crippen LogP contribution is -2.24. The van der Waals surface area contributed by atoms with Gasteiger partial charge in [-0.15, -0.1) is 0 Å². The zero-order valence-electron chi connectivity index (χ0n) is 5.54. The molecule has 2 unspecified atom stereocenters. The molecule has 0 amide bonds. The molecule has 0 aromatic heterocycles. The molecule has 0 aromatic carbocycles. The largest absolute Gasteiger partial charge is 0.0879 e. The summed E-state index contributed by atoms with van der Waals surface area (Å²) >= 11 is 7.11. The maximum absolute atomic E-state index is 3.60. The molecule has 0 aliphatic carbocycles. The second-order valence-electron chi connectivity index (χ2n) is 2.25. The summed E-state index contributed by atoms with van der Waals surface area (Å²) in [6, 6.07) is 0. The van der Waals surface area contributed by atoms with Crippen LogP contribution in [0.25, 0.3) is 0 Å². The normalized spacial score (nSPS) is 22.1. The summed E-state index contributed by atoms with van der Waals surface area (Å²) in [4.78, 5) is 0.542. The molecule has 2 atom stereocenters. The molecule has 0 nitrogen and oxygen atoms in total. The van der Waals surface area contributed by atoms with Crippen molar-refractivity contribution in [2.75, 3.05) is 0 Å². The van der Waals surface area contributed by atoms with Crippen LogP contribution in [0.5, 0.6) is 0 Å². The van der Waals surface area contributed by atoms with E-state index in [1.54, 1.807) is 0 Å². The maximum atomic E-state index is 3.60. The highest BCUT2D eigenvalue weighted by Crippen LogP contribution is 2.30. The predicted octanol–water partition coefficient (Wildman–Crippen LogP) is 3.33. The van der Waals surface area contributed by atoms with Crippen LogP contribution in [0.4, 0.5) is 0 Å². The van der Waals surface area contributed by atoms with Gasteiger partial charge in [-0.05, 0) is 13.3 Å². The van der Waals surface area contributed by atoms with E-state index in [1.165, 1.54) is 0 Å². The number of hydrogen-bond acceptors (Lipinski definition) is 0. The fourth-order valence-electron chi connectivity index (χ4n) is 0.281. The average molecular weight is 244 g/mol. The van der Waals surface area contributed by atoms with Gasteiger partial charge in [-0.3, -0.25) is 0 Å². The van der Waals surface area contributed by atoms with E-state index < -0.39 is 0 Å². The third kappa shape index (κ3) is 2.49. The predicted molar refractivity (Wildman–Crippen MR) is 46.0 cm³/mol. The molecule has 0 saturated heterocycles. The fraction of sp³-hybridized carbons (Fsp3) is 1.00. The van der Waals surface area contributed by atoms with Crippen molar-refractivity contribution in [3.8, 4) is 0 Å². The van der Waals surface area contributed by atoms with Gasteiger partial charge in [0.05, 0.1) is 0 Å². The molecular formula is C6H12Br2. The topological polar surface area (TPSA) is 0 Å². The highest BCUT2D eigenvalue weighted by atomic mass is 79.9. The third-order valence-electron chi connectivity index (χ3n) is 1.52. The Hall–Kier alpha value is 0.960. The minimum Gasteiger partial charge on any atom is -0.0879 e. The number of hydrogen-bond donors (Lipinski definition) is 0. The molecule has 2 heteroatoms. The zero-order chi connectivity index (χ0) is 6.78. The summed E-state index contributed by atoms with van der Waals surface area (Å²) in [6.45, 7) is 6.51. The van der Waals surface area contributed by atoms with Gasteiger partial charge < -0.3 is 0 Å². The molecule has 0 aromatic rings. The van der Waals surface area contributed by atoms with Crippen molar-refractivity contribution >= 4 is 31.9 Å². The van der Waals surface area contributed by atoms with Gasteiger partial charge in [0.2, 0.25) is 0 Å². The van der Waals surface area contributed by atoms with Gasteiger partial charge in [-0.25, -0.2) is 0 Å². The smallest absolute Gasteiger partial charge is 0.0349 e. The Morgan fingerprint density at radius 3 is 2.00 bits per heavy atom. The van der Waals surface area contributed by atoms with Crippen molar-refractivity contribution in [2.24, 2.45) is 0 Å². The molecule has 0 rings (SSSR count). The Kier molecular flexibility index (Phi) is 3.60. The summed E-state index contributed by atoms with van der Waals surface area (Å²) in [6.07, 6.45) is 1.15. The van der Waals surface area contributed by atoms with E-state index in [0.717, 1.165) is 6.42 Å². The first-order valence-corrected chi connectivity index (χ1v) is 4.54. The fourth-order valence-corrected chi connectivity index (χ4v) is 0.605. The summed E-state index contributed by atoms with van der Waals surface area (Å²) in [7, 11) is 0. The van der Waals surface area contributed by atoms with Crippen LogP contribution in [0.3, 0.4) is 0 Å². The number of alkyl halides is 2. The maximum Gasteiger partial charge on any atom is 0.0349 e. The molecule has 0 fully saturated rings. The summed E-state index contributed by atoms with van der Waals surface area (Å²) in [5.74, 6) is 0. The van der Waals surface area contributed by atoms with Gasteiger partial charge >= 0.3 is 0 Å². The molecule has 0 aliphatic heterocycles. The van der Waals surface area contributed by atoms with E-state index in [9.17, 15) is 0 Å². The minimum absolute atomic E-state index is 0.271. The summed E-state index contributed by atoms with van der Waals surface area (Å²) in [5.41, 5.74) is 0. The molecule has 0 radical (unpaired) electrons. The van der Waals surface area contributed by atoms with E-state index in [-0.39, 0.29) is 4.32 Å². The summed E-state index contributed by atoms with van der Waals surface area (Å²) < 4.78 is 0.271. The second kappa shape index (κ2) is 3.21. The van der Waals surface area contributed by atoms with Crippen molar-refractivity contribution < 1.29 is 0 Å². The standard InChI is InChI=1S/C6H12Br2/c1-4-6(3,8)5(2)7/h5H,4H2,1-3H3. The molecule has 0 heterocycles. The molecule has 0 aliphatic rings. The third-order valence-corrected chi connectivity index (χ3v) is 4.39. The van der Waals surface area contributed by atoms with Crippen molar-refractivity contribution in [3.63, 3.8) is 0 Å². The van der Waals surface area contributed by atoms with Gasteiger partial charge in [0.15, 0.2) is 0 Å². The molecule has 0 bridgehead atoms. The van der Waals surface area contributed by atoms with Crippen molar-refractivity contribution in [1.29, 1.82) is 0 Å². The van der Waals surface area contributed by atoms with Crippen LogP contribution >= 0.6 is 31.9 Å². The molecule has 0 N–H and O–H groups in total. The highest BCUT2D eigenvalue weighted by molar-refractivity contribution is 9.12. The zero-order valence-corrected chi connectivity index (χ0v) is 8.71. The van der Waals surface area contributed by atoms with Gasteiger partial charge in [-0.1, -0.05) is 45.7 Å². The van der Waals surface area contributed by atoms with E-state index in [1.807, 2.05) is 0 Å². The quantitative estimate of drug-likeness (QED) is 0.653. The van der Waals surface area contributed by atoms with Crippen LogP contribution in [-0.2, 0) is 0 Å². The van der Waals surface area contributed by atoms with Crippen LogP contribution < -0.4 is 0 Å². The van der Waals surface area contributed by atoms with Gasteiger partial charge in [0, 0.05) is 9.15 Å². The number of halogens is 2. The monoisotopic (exact) mass is 242 g/mol. The van der Waals surface area contributed by atoms with Crippen LogP contribution in [0.2, 0.25) is 0 Å². The van der Waals surface area contributed by atoms with Crippen molar-refractivity contribution in [1.82, 2.24) is 0 Å². The molecule has 8 heavy (non-hydrogen) atoms. The van der Waals surface area contributed by atoms with Crippen molar-refractivity contribution in [2.45, 2.75) is 36.3 Å². The van der Waals surface area contributed by atoms with Crippen molar-refractivity contribution in [3.05, 3.63) is 0 Å². The van der Waals surface area contributed by atoms with Gasteiger partial charge in [0.25, 0.3) is 0 Å². The first-order chi connectivity index (χ1) is 3.50. The second-order valence-corrected chi connectivity index (χ2v) is 5.43. The van der Waals surface area contributed by atoms with E-state index in [0.29, 0.717) is 4.83 Å². The van der Waals surface area contributed by atoms with Gasteiger partial charge in [-0.2, -0.15) is 0 Å². The first kappa shape index (κ1) is 8.96. The lowest BCUT2D eigenvalue weighted by molar-refractivity contribution is 0.634. The van der Waals surface area contributed by atoms with Crippen LogP contribution in [0.1, 0.15) is 27.2 Å². The molecule has 0 saturated carbocycles. The lowest BCUT2D eigenvalue weighted by atomic mass is 10.1. The van der Waals surface area contributed by atoms with Crippen LogP contribution in [0, 0.1) is 0 Å². The first-order valence-electron chi connectivity index (χ1n) is 2.83. The Labute approximate surface area is 68.3 Å². The lowest BCUT2D eigenvalue weighted by Gasteiger charge is -2.22. The van der Waals surface area contributed by atoms with E-state index in [4.69, 9.17) is 0 Å². The Bertz CT molecular complexity index is 66.9. The molecular weight excluding hydrogens is 232 g/mol. The van der Waals surface area contributed by atoms with E-state index in [2.05, 4.69) is 52.6 Å². The molecule has 50 valence electrons. The van der Waals surface area contributed by atoms with Gasteiger partial charge in [0.1, 0.15) is 0 Å². The average Bonchev–Trinajstić information content (AvgIpc) is 1.67. The Balaban J connectivity index is 3.71. The van der Waals surface area contributed by atoms with E-state index >= 15 is 0 Å². The summed E-state index contributed by atoms with van der Waals surface area (Å²) in [5, 5.41) is 0.